The summed E-state index contributed by atoms with van der Waals surface area (Å²) in [6.07, 6.45) is 0.956. The number of nitrogen functional groups attached to an aromatic ring is 1. The second kappa shape index (κ2) is 4.74. The maximum absolute atomic E-state index is 12.7. The fourth-order valence-corrected chi connectivity index (χ4v) is 4.78. The molecule has 0 radical (unpaired) electrons. The van der Waals surface area contributed by atoms with Crippen LogP contribution >= 0.6 is 0 Å². The second-order valence-electron chi connectivity index (χ2n) is 4.82. The Balaban J connectivity index is 2.57. The highest BCUT2D eigenvalue weighted by Gasteiger charge is 2.53. The number of anilines is 1. The SMILES string of the molecule is CCC1(C(=O)O)CCCN1S(=O)(=O)c1c(N)noc1C. The number of rotatable bonds is 4. The van der Waals surface area contributed by atoms with Crippen molar-refractivity contribution in [3.8, 4) is 0 Å². The van der Waals surface area contributed by atoms with Crippen molar-refractivity contribution in [3.05, 3.63) is 5.76 Å². The van der Waals surface area contributed by atoms with E-state index in [1.807, 2.05) is 0 Å². The first-order chi connectivity index (χ1) is 9.27. The van der Waals surface area contributed by atoms with E-state index in [0.29, 0.717) is 6.42 Å². The Morgan fingerprint density at radius 3 is 2.70 bits per heavy atom. The normalized spacial score (nSPS) is 24.1. The van der Waals surface area contributed by atoms with Gasteiger partial charge in [0.1, 0.15) is 5.54 Å². The van der Waals surface area contributed by atoms with Crippen LogP contribution in [0.5, 0.6) is 0 Å². The summed E-state index contributed by atoms with van der Waals surface area (Å²) in [5.41, 5.74) is 4.12. The molecule has 9 heteroatoms. The Hall–Kier alpha value is -1.61. The molecule has 1 fully saturated rings. The highest BCUT2D eigenvalue weighted by atomic mass is 32.2. The Bertz CT molecular complexity index is 619. The number of nitrogens with two attached hydrogens (primary N) is 1. The number of nitrogens with zero attached hydrogens (tertiary/aromatic N) is 2. The summed E-state index contributed by atoms with van der Waals surface area (Å²) in [5, 5.41) is 12.9. The van der Waals surface area contributed by atoms with E-state index in [1.54, 1.807) is 6.92 Å². The van der Waals surface area contributed by atoms with E-state index >= 15 is 0 Å². The van der Waals surface area contributed by atoms with Crippen molar-refractivity contribution in [2.75, 3.05) is 12.3 Å². The first kappa shape index (κ1) is 14.8. The predicted molar refractivity (Wildman–Crippen MR) is 69.4 cm³/mol. The number of aromatic nitrogens is 1. The maximum atomic E-state index is 12.7. The molecule has 2 rings (SSSR count). The summed E-state index contributed by atoms with van der Waals surface area (Å²) in [4.78, 5) is 11.3. The van der Waals surface area contributed by atoms with E-state index < -0.39 is 21.5 Å². The number of carboxylic acid groups (broad SMARTS) is 1. The smallest absolute Gasteiger partial charge is 0.325 e. The van der Waals surface area contributed by atoms with Crippen LogP contribution in [0.2, 0.25) is 0 Å². The Labute approximate surface area is 116 Å². The van der Waals surface area contributed by atoms with Crippen molar-refractivity contribution in [1.82, 2.24) is 9.46 Å². The molecule has 1 aliphatic rings. The molecular weight excluding hydrogens is 286 g/mol. The van der Waals surface area contributed by atoms with Gasteiger partial charge < -0.3 is 15.4 Å². The van der Waals surface area contributed by atoms with Gasteiger partial charge in [-0.05, 0) is 26.2 Å². The highest BCUT2D eigenvalue weighted by molar-refractivity contribution is 7.89. The monoisotopic (exact) mass is 303 g/mol. The minimum absolute atomic E-state index is 0.0600. The van der Waals surface area contributed by atoms with Gasteiger partial charge in [0, 0.05) is 6.54 Å². The molecule has 0 spiro atoms. The van der Waals surface area contributed by atoms with Crippen LogP contribution in [-0.4, -0.2) is 41.0 Å². The number of carbonyl (C=O) groups is 1. The molecule has 112 valence electrons. The van der Waals surface area contributed by atoms with Gasteiger partial charge in [-0.2, -0.15) is 4.31 Å². The number of aliphatic carboxylic acids is 1. The zero-order valence-electron chi connectivity index (χ0n) is 11.3. The lowest BCUT2D eigenvalue weighted by molar-refractivity contribution is -0.147. The van der Waals surface area contributed by atoms with Crippen LogP contribution in [0, 0.1) is 6.92 Å². The molecule has 1 unspecified atom stereocenters. The summed E-state index contributed by atoms with van der Waals surface area (Å²) >= 11 is 0. The van der Waals surface area contributed by atoms with Crippen molar-refractivity contribution in [3.63, 3.8) is 0 Å². The van der Waals surface area contributed by atoms with Gasteiger partial charge in [0.15, 0.2) is 16.5 Å². The molecule has 0 bridgehead atoms. The van der Waals surface area contributed by atoms with Crippen LogP contribution in [0.25, 0.3) is 0 Å². The lowest BCUT2D eigenvalue weighted by Crippen LogP contribution is -2.52. The molecule has 0 aromatic carbocycles. The quantitative estimate of drug-likeness (QED) is 0.833. The molecule has 1 aromatic heterocycles. The first-order valence-corrected chi connectivity index (χ1v) is 7.69. The molecule has 0 amide bonds. The molecule has 1 atom stereocenters. The van der Waals surface area contributed by atoms with Crippen molar-refractivity contribution >= 4 is 21.8 Å². The third-order valence-corrected chi connectivity index (χ3v) is 5.92. The molecule has 0 saturated carbocycles. The maximum Gasteiger partial charge on any atom is 0.325 e. The fourth-order valence-electron chi connectivity index (χ4n) is 2.73. The molecular formula is C11H17N3O5S. The van der Waals surface area contributed by atoms with Gasteiger partial charge >= 0.3 is 5.97 Å². The van der Waals surface area contributed by atoms with Crippen LogP contribution in [0.4, 0.5) is 5.82 Å². The average Bonchev–Trinajstić information content (AvgIpc) is 2.94. The molecule has 1 aromatic rings. The van der Waals surface area contributed by atoms with Crippen LogP contribution in [0.3, 0.4) is 0 Å². The van der Waals surface area contributed by atoms with E-state index in [-0.39, 0.29) is 35.9 Å². The Morgan fingerprint density at radius 2 is 2.25 bits per heavy atom. The van der Waals surface area contributed by atoms with Gasteiger partial charge in [-0.1, -0.05) is 12.1 Å². The predicted octanol–water partition coefficient (Wildman–Crippen LogP) is 0.583. The largest absolute Gasteiger partial charge is 0.480 e. The van der Waals surface area contributed by atoms with E-state index in [9.17, 15) is 18.3 Å². The average molecular weight is 303 g/mol. The van der Waals surface area contributed by atoms with Crippen molar-refractivity contribution in [1.29, 1.82) is 0 Å². The van der Waals surface area contributed by atoms with Crippen LogP contribution in [0.15, 0.2) is 9.42 Å². The number of hydrogen-bond acceptors (Lipinski definition) is 6. The van der Waals surface area contributed by atoms with E-state index in [4.69, 9.17) is 10.3 Å². The number of sulfonamides is 1. The Kier molecular flexibility index (Phi) is 3.51. The summed E-state index contributed by atoms with van der Waals surface area (Å²) in [6, 6.07) is 0. The number of hydrogen-bond donors (Lipinski definition) is 2. The standard InChI is InChI=1S/C11H17N3O5S/c1-3-11(10(15)16)5-4-6-14(11)20(17,18)8-7(2)19-13-9(8)12/h3-6H2,1-2H3,(H2,12,13)(H,15,16). The first-order valence-electron chi connectivity index (χ1n) is 6.25. The van der Waals surface area contributed by atoms with Gasteiger partial charge in [0.2, 0.25) is 0 Å². The third kappa shape index (κ3) is 1.88. The molecule has 8 nitrogen and oxygen atoms in total. The summed E-state index contributed by atoms with van der Waals surface area (Å²) in [5.74, 6) is -1.33. The van der Waals surface area contributed by atoms with Crippen molar-refractivity contribution in [2.45, 2.75) is 43.5 Å². The van der Waals surface area contributed by atoms with Crippen LogP contribution in [-0.2, 0) is 14.8 Å². The van der Waals surface area contributed by atoms with Gasteiger partial charge in [0.25, 0.3) is 10.0 Å². The zero-order valence-corrected chi connectivity index (χ0v) is 12.1. The Morgan fingerprint density at radius 1 is 1.60 bits per heavy atom. The zero-order chi connectivity index (χ0) is 15.1. The highest BCUT2D eigenvalue weighted by Crippen LogP contribution is 2.39. The molecule has 2 heterocycles. The molecule has 3 N–H and O–H groups in total. The van der Waals surface area contributed by atoms with Gasteiger partial charge in [-0.15, -0.1) is 0 Å². The minimum Gasteiger partial charge on any atom is -0.480 e. The minimum atomic E-state index is -4.05. The summed E-state index contributed by atoms with van der Waals surface area (Å²) in [7, 11) is -4.05. The molecule has 1 aliphatic heterocycles. The van der Waals surface area contributed by atoms with Gasteiger partial charge in [0.05, 0.1) is 0 Å². The number of aryl methyl sites for hydroxylation is 1. The molecule has 0 aliphatic carbocycles. The van der Waals surface area contributed by atoms with E-state index in [0.717, 1.165) is 4.31 Å². The van der Waals surface area contributed by atoms with Crippen LogP contribution < -0.4 is 5.73 Å². The number of carboxylic acids is 1. The summed E-state index contributed by atoms with van der Waals surface area (Å²) < 4.78 is 31.2. The van der Waals surface area contributed by atoms with E-state index in [1.165, 1.54) is 6.92 Å². The topological polar surface area (TPSA) is 127 Å². The lowest BCUT2D eigenvalue weighted by Gasteiger charge is -2.32. The lowest BCUT2D eigenvalue weighted by atomic mass is 9.95. The van der Waals surface area contributed by atoms with Crippen molar-refractivity contribution < 1.29 is 22.8 Å². The molecule has 1 saturated heterocycles. The third-order valence-electron chi connectivity index (χ3n) is 3.79. The van der Waals surface area contributed by atoms with Gasteiger partial charge in [-0.25, -0.2) is 8.42 Å². The van der Waals surface area contributed by atoms with Crippen LogP contribution in [0.1, 0.15) is 31.9 Å². The molecule has 20 heavy (non-hydrogen) atoms. The second-order valence-corrected chi connectivity index (χ2v) is 6.62. The van der Waals surface area contributed by atoms with E-state index in [2.05, 4.69) is 5.16 Å². The summed E-state index contributed by atoms with van der Waals surface area (Å²) in [6.45, 7) is 3.24. The van der Waals surface area contributed by atoms with Gasteiger partial charge in [-0.3, -0.25) is 4.79 Å². The fraction of sp³-hybridized carbons (Fsp3) is 0.636. The van der Waals surface area contributed by atoms with Crippen molar-refractivity contribution in [2.24, 2.45) is 0 Å².